The summed E-state index contributed by atoms with van der Waals surface area (Å²) < 4.78 is 8.24. The number of rotatable bonds is 4. The van der Waals surface area contributed by atoms with Crippen molar-refractivity contribution in [2.24, 2.45) is 0 Å². The van der Waals surface area contributed by atoms with Gasteiger partial charge in [-0.2, -0.15) is 0 Å². The van der Waals surface area contributed by atoms with E-state index < -0.39 is 11.7 Å². The summed E-state index contributed by atoms with van der Waals surface area (Å²) in [6.45, 7) is 5.42. The second-order valence-electron chi connectivity index (χ2n) is 6.14. The van der Waals surface area contributed by atoms with Gasteiger partial charge in [0.05, 0.1) is 0 Å². The van der Waals surface area contributed by atoms with Gasteiger partial charge in [0.15, 0.2) is 0 Å². The molecule has 2 aromatic heterocycles. The molecule has 0 bridgehead atoms. The van der Waals surface area contributed by atoms with Crippen LogP contribution in [0.1, 0.15) is 20.8 Å². The molecule has 0 atom stereocenters. The number of imidazole rings is 1. The van der Waals surface area contributed by atoms with Crippen LogP contribution in [0.15, 0.2) is 42.7 Å². The van der Waals surface area contributed by atoms with Crippen molar-refractivity contribution in [3.63, 3.8) is 0 Å². The van der Waals surface area contributed by atoms with E-state index in [2.05, 4.69) is 25.9 Å². The standard InChI is InChI=1S/C16H18N6O2Se/c1-16(2,3)24-15(23)21-22-10-9-17-12(22)13-19-20-14(25-13)18-11-7-5-4-6-8-11/h4-10H,1-3H3,(H,18,20)(H,21,23). The first-order valence-electron chi connectivity index (χ1n) is 7.60. The van der Waals surface area contributed by atoms with Crippen LogP contribution in [0.5, 0.6) is 0 Å². The van der Waals surface area contributed by atoms with Crippen LogP contribution in [0.25, 0.3) is 10.4 Å². The quantitative estimate of drug-likeness (QED) is 0.649. The Morgan fingerprint density at radius 2 is 1.96 bits per heavy atom. The maximum atomic E-state index is 11.9. The number of benzene rings is 1. The Bertz CT molecular complexity index is 853. The van der Waals surface area contributed by atoms with E-state index in [4.69, 9.17) is 4.74 Å². The van der Waals surface area contributed by atoms with Crippen LogP contribution in [-0.4, -0.2) is 46.1 Å². The molecule has 130 valence electrons. The molecule has 0 aliphatic rings. The van der Waals surface area contributed by atoms with Gasteiger partial charge in [0.25, 0.3) is 0 Å². The predicted octanol–water partition coefficient (Wildman–Crippen LogP) is 2.62. The molecule has 1 amide bonds. The van der Waals surface area contributed by atoms with Crippen LogP contribution >= 0.6 is 0 Å². The molecule has 0 saturated heterocycles. The monoisotopic (exact) mass is 406 g/mol. The van der Waals surface area contributed by atoms with Crippen molar-refractivity contribution >= 4 is 31.0 Å². The molecule has 0 aliphatic heterocycles. The molecule has 2 heterocycles. The van der Waals surface area contributed by atoms with Crippen LogP contribution in [0.3, 0.4) is 0 Å². The van der Waals surface area contributed by atoms with Gasteiger partial charge in [0.1, 0.15) is 0 Å². The number of carbonyl (C=O) groups excluding carboxylic acids is 1. The van der Waals surface area contributed by atoms with E-state index in [-0.39, 0.29) is 14.5 Å². The number of aromatic nitrogens is 4. The van der Waals surface area contributed by atoms with Gasteiger partial charge < -0.3 is 0 Å². The summed E-state index contributed by atoms with van der Waals surface area (Å²) >= 11 is -0.144. The van der Waals surface area contributed by atoms with Crippen molar-refractivity contribution in [1.82, 2.24) is 19.9 Å². The zero-order valence-corrected chi connectivity index (χ0v) is 15.8. The van der Waals surface area contributed by atoms with Crippen LogP contribution in [0, 0.1) is 0 Å². The summed E-state index contributed by atoms with van der Waals surface area (Å²) in [5, 5.41) is 11.6. The van der Waals surface area contributed by atoms with E-state index in [1.807, 2.05) is 30.3 Å². The molecule has 3 aromatic rings. The normalized spacial score (nSPS) is 11.2. The summed E-state index contributed by atoms with van der Waals surface area (Å²) in [6.07, 6.45) is 2.68. The van der Waals surface area contributed by atoms with E-state index in [0.29, 0.717) is 10.4 Å². The molecule has 8 nitrogen and oxygen atoms in total. The SMILES string of the molecule is CC(C)(C)OC(=O)Nn1ccnc1-c1nnc(Nc2ccccc2)[se]1. The fraction of sp³-hybridized carbons (Fsp3) is 0.250. The third kappa shape index (κ3) is 4.68. The number of hydrogen-bond donors (Lipinski definition) is 2. The van der Waals surface area contributed by atoms with Gasteiger partial charge in [0, 0.05) is 0 Å². The molecule has 0 fully saturated rings. The second-order valence-corrected chi connectivity index (χ2v) is 8.19. The van der Waals surface area contributed by atoms with Gasteiger partial charge >= 0.3 is 151 Å². The average Bonchev–Trinajstić information content (AvgIpc) is 3.15. The molecule has 0 aliphatic carbocycles. The van der Waals surface area contributed by atoms with Crippen LogP contribution in [0.2, 0.25) is 0 Å². The molecule has 0 unspecified atom stereocenters. The van der Waals surface area contributed by atoms with Crippen molar-refractivity contribution in [2.45, 2.75) is 26.4 Å². The summed E-state index contributed by atoms with van der Waals surface area (Å²) in [5.41, 5.74) is 3.02. The Morgan fingerprint density at radius 1 is 1.20 bits per heavy atom. The third-order valence-electron chi connectivity index (χ3n) is 2.89. The fourth-order valence-corrected chi connectivity index (χ4v) is 3.55. The Balaban J connectivity index is 1.73. The van der Waals surface area contributed by atoms with Crippen LogP contribution < -0.4 is 10.7 Å². The predicted molar refractivity (Wildman–Crippen MR) is 95.5 cm³/mol. The van der Waals surface area contributed by atoms with Crippen molar-refractivity contribution in [2.75, 3.05) is 10.7 Å². The Labute approximate surface area is 151 Å². The summed E-state index contributed by atoms with van der Waals surface area (Å²) in [5.74, 6) is 0.541. The molecular weight excluding hydrogens is 387 g/mol. The molecule has 0 radical (unpaired) electrons. The molecule has 0 spiro atoms. The number of hydrogen-bond acceptors (Lipinski definition) is 6. The summed E-state index contributed by atoms with van der Waals surface area (Å²) in [7, 11) is 0. The van der Waals surface area contributed by atoms with Crippen molar-refractivity contribution < 1.29 is 9.53 Å². The van der Waals surface area contributed by atoms with Crippen molar-refractivity contribution in [3.8, 4) is 10.4 Å². The first-order valence-corrected chi connectivity index (χ1v) is 9.31. The molecule has 9 heteroatoms. The zero-order valence-electron chi connectivity index (χ0n) is 14.1. The number of para-hydroxylation sites is 1. The maximum absolute atomic E-state index is 11.9. The number of anilines is 2. The molecular formula is C16H18N6O2Se. The van der Waals surface area contributed by atoms with E-state index in [0.717, 1.165) is 10.4 Å². The topological polar surface area (TPSA) is 94.0 Å². The van der Waals surface area contributed by atoms with Gasteiger partial charge in [-0.15, -0.1) is 0 Å². The number of amides is 1. The Morgan fingerprint density at radius 3 is 2.68 bits per heavy atom. The van der Waals surface area contributed by atoms with E-state index in [1.54, 1.807) is 33.2 Å². The van der Waals surface area contributed by atoms with E-state index in [9.17, 15) is 4.79 Å². The summed E-state index contributed by atoms with van der Waals surface area (Å²) in [6, 6.07) is 9.77. The number of nitrogens with zero attached hydrogens (tertiary/aromatic N) is 4. The second kappa shape index (κ2) is 7.08. The molecule has 1 aromatic carbocycles. The third-order valence-corrected chi connectivity index (χ3v) is 4.64. The van der Waals surface area contributed by atoms with Crippen molar-refractivity contribution in [1.29, 1.82) is 0 Å². The van der Waals surface area contributed by atoms with Crippen LogP contribution in [-0.2, 0) is 4.74 Å². The first-order chi connectivity index (χ1) is 11.9. The van der Waals surface area contributed by atoms with Gasteiger partial charge in [-0.3, -0.25) is 0 Å². The molecule has 0 saturated carbocycles. The Hall–Kier alpha value is -2.64. The molecule has 3 rings (SSSR count). The van der Waals surface area contributed by atoms with E-state index >= 15 is 0 Å². The van der Waals surface area contributed by atoms with Crippen molar-refractivity contribution in [3.05, 3.63) is 42.7 Å². The van der Waals surface area contributed by atoms with Gasteiger partial charge in [-0.1, -0.05) is 0 Å². The first kappa shape index (κ1) is 17.2. The number of nitrogens with one attached hydrogen (secondary N) is 2. The summed E-state index contributed by atoms with van der Waals surface area (Å²) in [4.78, 5) is 16.2. The zero-order chi connectivity index (χ0) is 17.9. The molecule has 2 N–H and O–H groups in total. The van der Waals surface area contributed by atoms with Crippen LogP contribution in [0.4, 0.5) is 15.2 Å². The number of carbonyl (C=O) groups is 1. The Kier molecular flexibility index (Phi) is 4.87. The fourth-order valence-electron chi connectivity index (χ4n) is 1.96. The van der Waals surface area contributed by atoms with Gasteiger partial charge in [-0.25, -0.2) is 0 Å². The minimum atomic E-state index is -0.574. The minimum absolute atomic E-state index is 0.144. The van der Waals surface area contributed by atoms with Gasteiger partial charge in [-0.05, 0) is 0 Å². The van der Waals surface area contributed by atoms with Gasteiger partial charge in [0.2, 0.25) is 0 Å². The molecule has 25 heavy (non-hydrogen) atoms. The number of ether oxygens (including phenoxy) is 1. The average molecular weight is 405 g/mol. The van der Waals surface area contributed by atoms with E-state index in [1.165, 1.54) is 4.68 Å².